The Morgan fingerprint density at radius 3 is 2.17 bits per heavy atom. The number of benzene rings is 1. The maximum Gasteiger partial charge on any atom is 0.384 e. The molecular weight excluding hydrogens is 164 g/mol. The Hall–Kier alpha value is -1.14. The normalized spacial score (nSPS) is 10.8. The van der Waals surface area contributed by atoms with Crippen molar-refractivity contribution in [2.75, 3.05) is 0 Å². The van der Waals surface area contributed by atoms with Gasteiger partial charge in [-0.15, -0.1) is 0 Å². The SMILES string of the molecule is C[Si](C)(C)c1ccccc1[N+]#N. The van der Waals surface area contributed by atoms with E-state index in [1.54, 1.807) is 0 Å². The van der Waals surface area contributed by atoms with Gasteiger partial charge in [-0.1, -0.05) is 37.8 Å². The van der Waals surface area contributed by atoms with Crippen LogP contribution in [0.25, 0.3) is 4.98 Å². The maximum atomic E-state index is 8.73. The number of hydrogen-bond donors (Lipinski definition) is 0. The summed E-state index contributed by atoms with van der Waals surface area (Å²) in [6, 6.07) is 7.76. The van der Waals surface area contributed by atoms with E-state index in [1.165, 1.54) is 5.19 Å². The van der Waals surface area contributed by atoms with E-state index < -0.39 is 8.07 Å². The molecule has 3 heteroatoms. The molecule has 0 N–H and O–H groups in total. The van der Waals surface area contributed by atoms with Gasteiger partial charge < -0.3 is 0 Å². The van der Waals surface area contributed by atoms with Gasteiger partial charge in [-0.2, -0.15) is 0 Å². The minimum Gasteiger partial charge on any atom is -0.0653 e. The van der Waals surface area contributed by atoms with Crippen molar-refractivity contribution in [3.8, 4) is 0 Å². The van der Waals surface area contributed by atoms with Crippen LogP contribution in [0.1, 0.15) is 0 Å². The average Bonchev–Trinajstić information content (AvgIpc) is 2.03. The van der Waals surface area contributed by atoms with Crippen LogP contribution in [0.15, 0.2) is 24.3 Å². The fraction of sp³-hybridized carbons (Fsp3) is 0.333. The van der Waals surface area contributed by atoms with E-state index in [0.29, 0.717) is 0 Å². The Kier molecular flexibility index (Phi) is 2.29. The van der Waals surface area contributed by atoms with Crippen LogP contribution < -0.4 is 5.19 Å². The van der Waals surface area contributed by atoms with Gasteiger partial charge in [0.1, 0.15) is 0 Å². The van der Waals surface area contributed by atoms with Crippen molar-refractivity contribution in [3.05, 3.63) is 29.2 Å². The van der Waals surface area contributed by atoms with E-state index in [-0.39, 0.29) is 0 Å². The van der Waals surface area contributed by atoms with Crippen LogP contribution in [0.5, 0.6) is 0 Å². The fourth-order valence-corrected chi connectivity index (χ4v) is 2.69. The highest BCUT2D eigenvalue weighted by Gasteiger charge is 2.25. The lowest BCUT2D eigenvalue weighted by Crippen LogP contribution is -2.37. The molecule has 1 aromatic carbocycles. The Labute approximate surface area is 73.9 Å². The summed E-state index contributed by atoms with van der Waals surface area (Å²) in [4.78, 5) is 3.27. The summed E-state index contributed by atoms with van der Waals surface area (Å²) in [5.41, 5.74) is 0.719. The van der Waals surface area contributed by atoms with Crippen molar-refractivity contribution in [1.82, 2.24) is 0 Å². The van der Waals surface area contributed by atoms with Crippen LogP contribution in [0.2, 0.25) is 19.6 Å². The zero-order valence-electron chi connectivity index (χ0n) is 7.70. The molecule has 0 heterocycles. The molecule has 0 unspecified atom stereocenters. The zero-order chi connectivity index (χ0) is 9.19. The van der Waals surface area contributed by atoms with Crippen LogP contribution in [-0.2, 0) is 0 Å². The Morgan fingerprint density at radius 2 is 1.75 bits per heavy atom. The Balaban J connectivity index is 3.26. The summed E-state index contributed by atoms with van der Waals surface area (Å²) < 4.78 is 0. The van der Waals surface area contributed by atoms with Gasteiger partial charge in [0.05, 0.1) is 8.07 Å². The van der Waals surface area contributed by atoms with Crippen LogP contribution >= 0.6 is 0 Å². The van der Waals surface area contributed by atoms with Crippen LogP contribution in [0, 0.1) is 5.39 Å². The third-order valence-corrected chi connectivity index (χ3v) is 3.86. The topological polar surface area (TPSA) is 28.1 Å². The quantitative estimate of drug-likeness (QED) is 0.479. The largest absolute Gasteiger partial charge is 0.384 e. The minimum atomic E-state index is -1.35. The minimum absolute atomic E-state index is 0.719. The lowest BCUT2D eigenvalue weighted by Gasteiger charge is -2.12. The average molecular weight is 177 g/mol. The summed E-state index contributed by atoms with van der Waals surface area (Å²) in [5.74, 6) is 0. The summed E-state index contributed by atoms with van der Waals surface area (Å²) in [6.45, 7) is 6.70. The highest BCUT2D eigenvalue weighted by Crippen LogP contribution is 2.13. The second kappa shape index (κ2) is 3.08. The first-order valence-corrected chi connectivity index (χ1v) is 7.50. The first-order chi connectivity index (χ1) is 5.55. The second-order valence-electron chi connectivity index (χ2n) is 3.87. The van der Waals surface area contributed by atoms with Crippen molar-refractivity contribution < 1.29 is 0 Å². The molecule has 0 saturated heterocycles. The molecule has 62 valence electrons. The van der Waals surface area contributed by atoms with E-state index in [2.05, 4.69) is 24.6 Å². The molecule has 2 nitrogen and oxygen atoms in total. The van der Waals surface area contributed by atoms with E-state index in [9.17, 15) is 0 Å². The first-order valence-electron chi connectivity index (χ1n) is 4.00. The third-order valence-electron chi connectivity index (χ3n) is 1.82. The fourth-order valence-electron chi connectivity index (χ4n) is 1.20. The van der Waals surface area contributed by atoms with Gasteiger partial charge in [-0.3, -0.25) is 0 Å². The molecule has 0 aliphatic heterocycles. The van der Waals surface area contributed by atoms with E-state index in [0.717, 1.165) is 5.69 Å². The molecule has 1 rings (SSSR count). The van der Waals surface area contributed by atoms with Gasteiger partial charge in [0.2, 0.25) is 5.39 Å². The highest BCUT2D eigenvalue weighted by molar-refractivity contribution is 6.89. The van der Waals surface area contributed by atoms with Crippen LogP contribution in [0.4, 0.5) is 5.69 Å². The molecule has 0 radical (unpaired) electrons. The standard InChI is InChI=1S/C9H13N2Si/c1-12(2,3)9-7-5-4-6-8(9)11-10/h4-7H,1-3H3/q+1. The highest BCUT2D eigenvalue weighted by atomic mass is 28.3. The molecule has 12 heavy (non-hydrogen) atoms. The molecule has 0 aromatic heterocycles. The van der Waals surface area contributed by atoms with Crippen LogP contribution in [0.3, 0.4) is 0 Å². The van der Waals surface area contributed by atoms with Crippen LogP contribution in [-0.4, -0.2) is 8.07 Å². The third kappa shape index (κ3) is 1.71. The van der Waals surface area contributed by atoms with Gasteiger partial charge in [0.25, 0.3) is 0 Å². The van der Waals surface area contributed by atoms with Gasteiger partial charge in [-0.25, -0.2) is 0 Å². The van der Waals surface area contributed by atoms with E-state index in [1.807, 2.05) is 24.3 Å². The van der Waals surface area contributed by atoms with Gasteiger partial charge in [0.15, 0.2) is 4.98 Å². The number of rotatable bonds is 1. The van der Waals surface area contributed by atoms with Gasteiger partial charge in [-0.05, 0) is 0 Å². The van der Waals surface area contributed by atoms with Crippen molar-refractivity contribution in [2.24, 2.45) is 0 Å². The lowest BCUT2D eigenvalue weighted by molar-refractivity contribution is 1.47. The zero-order valence-corrected chi connectivity index (χ0v) is 8.70. The summed E-state index contributed by atoms with van der Waals surface area (Å²) in [7, 11) is -1.35. The number of hydrogen-bond acceptors (Lipinski definition) is 1. The van der Waals surface area contributed by atoms with Crippen molar-refractivity contribution in [2.45, 2.75) is 19.6 Å². The molecule has 0 bridgehead atoms. The Bertz CT molecular complexity index is 320. The van der Waals surface area contributed by atoms with E-state index in [4.69, 9.17) is 5.39 Å². The summed E-state index contributed by atoms with van der Waals surface area (Å²) in [5, 5.41) is 9.93. The maximum absolute atomic E-state index is 8.73. The lowest BCUT2D eigenvalue weighted by atomic mass is 10.3. The first kappa shape index (κ1) is 8.95. The molecule has 0 amide bonds. The summed E-state index contributed by atoms with van der Waals surface area (Å²) in [6.07, 6.45) is 0. The predicted molar refractivity (Wildman–Crippen MR) is 54.2 cm³/mol. The van der Waals surface area contributed by atoms with Crippen molar-refractivity contribution in [1.29, 1.82) is 5.39 Å². The predicted octanol–water partition coefficient (Wildman–Crippen LogP) is 2.72. The molecule has 1 aromatic rings. The molecule has 0 saturated carbocycles. The smallest absolute Gasteiger partial charge is 0.0653 e. The van der Waals surface area contributed by atoms with Crippen molar-refractivity contribution >= 4 is 18.9 Å². The molecular formula is C9H13N2Si+. The number of nitrogens with zero attached hydrogens (tertiary/aromatic N) is 2. The molecule has 0 fully saturated rings. The summed E-state index contributed by atoms with van der Waals surface area (Å²) >= 11 is 0. The number of diazo groups is 1. The van der Waals surface area contributed by atoms with Crippen molar-refractivity contribution in [3.63, 3.8) is 0 Å². The second-order valence-corrected chi connectivity index (χ2v) is 8.91. The monoisotopic (exact) mass is 177 g/mol. The van der Waals surface area contributed by atoms with E-state index >= 15 is 0 Å². The molecule has 0 atom stereocenters. The molecule has 0 spiro atoms. The molecule has 0 aliphatic carbocycles. The van der Waals surface area contributed by atoms with Gasteiger partial charge >= 0.3 is 5.69 Å². The molecule has 0 aliphatic rings. The Morgan fingerprint density at radius 1 is 1.17 bits per heavy atom. The van der Waals surface area contributed by atoms with Gasteiger partial charge in [0, 0.05) is 11.3 Å².